The highest BCUT2D eigenvalue weighted by atomic mass is 32.1. The van der Waals surface area contributed by atoms with Crippen LogP contribution in [0.3, 0.4) is 0 Å². The van der Waals surface area contributed by atoms with E-state index in [-0.39, 0.29) is 6.61 Å². The molecule has 0 aliphatic heterocycles. The summed E-state index contributed by atoms with van der Waals surface area (Å²) >= 11 is 1.47. The van der Waals surface area contributed by atoms with Gasteiger partial charge in [-0.3, -0.25) is 0 Å². The van der Waals surface area contributed by atoms with E-state index >= 15 is 0 Å². The molecule has 4 nitrogen and oxygen atoms in total. The summed E-state index contributed by atoms with van der Waals surface area (Å²) in [5.74, 6) is -4.08. The Kier molecular flexibility index (Phi) is 4.85. The molecule has 0 saturated heterocycles. The fourth-order valence-corrected chi connectivity index (χ4v) is 2.60. The van der Waals surface area contributed by atoms with Crippen LogP contribution in [0.2, 0.25) is 0 Å². The van der Waals surface area contributed by atoms with E-state index in [0.717, 1.165) is 30.0 Å². The second-order valence-corrected chi connectivity index (χ2v) is 5.29. The zero-order valence-electron chi connectivity index (χ0n) is 11.2. The predicted octanol–water partition coefficient (Wildman–Crippen LogP) is 3.65. The number of hydrogen-bond acceptors (Lipinski definition) is 4. The summed E-state index contributed by atoms with van der Waals surface area (Å²) in [6, 6.07) is 1.45. The van der Waals surface area contributed by atoms with Gasteiger partial charge in [-0.05, 0) is 25.0 Å². The van der Waals surface area contributed by atoms with Crippen LogP contribution in [0.1, 0.15) is 34.4 Å². The number of benzene rings is 1. The molecule has 7 heteroatoms. The minimum atomic E-state index is -1.40. The molecule has 0 aliphatic carbocycles. The molecule has 1 heterocycles. The van der Waals surface area contributed by atoms with Crippen LogP contribution in [0.4, 0.5) is 8.78 Å². The number of aromatic nitrogens is 1. The Labute approximate surface area is 124 Å². The number of carboxylic acid groups (broad SMARTS) is 1. The monoisotopic (exact) mass is 313 g/mol. The highest BCUT2D eigenvalue weighted by Gasteiger charge is 2.16. The summed E-state index contributed by atoms with van der Waals surface area (Å²) in [7, 11) is 0. The van der Waals surface area contributed by atoms with Crippen molar-refractivity contribution in [2.45, 2.75) is 26.4 Å². The zero-order valence-corrected chi connectivity index (χ0v) is 12.0. The first kappa shape index (κ1) is 15.4. The third-order valence-electron chi connectivity index (χ3n) is 2.67. The molecule has 0 fully saturated rings. The third-order valence-corrected chi connectivity index (χ3v) is 3.63. The lowest BCUT2D eigenvalue weighted by atomic mass is 10.2. The molecule has 112 valence electrons. The van der Waals surface area contributed by atoms with Gasteiger partial charge in [0.25, 0.3) is 0 Å². The molecule has 2 rings (SSSR count). The highest BCUT2D eigenvalue weighted by molar-refractivity contribution is 7.09. The first-order valence-electron chi connectivity index (χ1n) is 6.29. The van der Waals surface area contributed by atoms with Crippen LogP contribution < -0.4 is 4.74 Å². The molecule has 0 saturated carbocycles. The molecular formula is C14H13F2NO3S. The van der Waals surface area contributed by atoms with Crippen LogP contribution in [0.5, 0.6) is 5.75 Å². The van der Waals surface area contributed by atoms with E-state index in [2.05, 4.69) is 4.98 Å². The van der Waals surface area contributed by atoms with E-state index in [1.54, 1.807) is 5.38 Å². The summed E-state index contributed by atoms with van der Waals surface area (Å²) in [5.41, 5.74) is 0.126. The van der Waals surface area contributed by atoms with Gasteiger partial charge in [0.1, 0.15) is 6.61 Å². The lowest BCUT2D eigenvalue weighted by Gasteiger charge is -2.07. The van der Waals surface area contributed by atoms with E-state index in [4.69, 9.17) is 9.84 Å². The van der Waals surface area contributed by atoms with E-state index in [0.29, 0.717) is 5.69 Å². The number of aryl methyl sites for hydroxylation is 1. The number of carbonyl (C=O) groups is 1. The quantitative estimate of drug-likeness (QED) is 0.884. The van der Waals surface area contributed by atoms with Crippen molar-refractivity contribution >= 4 is 17.3 Å². The maximum absolute atomic E-state index is 13.7. The minimum absolute atomic E-state index is 0.0690. The lowest BCUT2D eigenvalue weighted by molar-refractivity contribution is 0.0695. The molecule has 2 aromatic rings. The van der Waals surface area contributed by atoms with Crippen LogP contribution in [-0.2, 0) is 13.0 Å². The first-order valence-corrected chi connectivity index (χ1v) is 7.17. The summed E-state index contributed by atoms with van der Waals surface area (Å²) in [6.07, 6.45) is 1.81. The number of carboxylic acids is 1. The molecule has 1 aromatic heterocycles. The van der Waals surface area contributed by atoms with E-state index in [1.807, 2.05) is 6.92 Å². The third kappa shape index (κ3) is 3.75. The van der Waals surface area contributed by atoms with Crippen LogP contribution in [0.25, 0.3) is 0 Å². The number of aromatic carboxylic acids is 1. The van der Waals surface area contributed by atoms with E-state index in [1.165, 1.54) is 11.3 Å². The number of rotatable bonds is 6. The molecule has 0 atom stereocenters. The van der Waals surface area contributed by atoms with Crippen molar-refractivity contribution in [1.29, 1.82) is 0 Å². The lowest BCUT2D eigenvalue weighted by Crippen LogP contribution is -2.04. The van der Waals surface area contributed by atoms with Gasteiger partial charge in [-0.2, -0.15) is 0 Å². The maximum atomic E-state index is 13.7. The average molecular weight is 313 g/mol. The zero-order chi connectivity index (χ0) is 15.4. The second kappa shape index (κ2) is 6.62. The molecule has 1 N–H and O–H groups in total. The normalized spacial score (nSPS) is 10.6. The van der Waals surface area contributed by atoms with Gasteiger partial charge in [0.05, 0.1) is 16.3 Å². The van der Waals surface area contributed by atoms with Crippen molar-refractivity contribution in [3.63, 3.8) is 0 Å². The fourth-order valence-electron chi connectivity index (χ4n) is 1.71. The van der Waals surface area contributed by atoms with Crippen molar-refractivity contribution < 1.29 is 23.4 Å². The number of hydrogen-bond donors (Lipinski definition) is 1. The van der Waals surface area contributed by atoms with Gasteiger partial charge in [-0.1, -0.05) is 6.92 Å². The van der Waals surface area contributed by atoms with Gasteiger partial charge in [0.2, 0.25) is 0 Å². The molecule has 1 aromatic carbocycles. The summed E-state index contributed by atoms with van der Waals surface area (Å²) < 4.78 is 32.4. The average Bonchev–Trinajstić information content (AvgIpc) is 2.85. The van der Waals surface area contributed by atoms with Crippen molar-refractivity contribution in [3.05, 3.63) is 45.4 Å². The Morgan fingerprint density at radius 1 is 1.38 bits per heavy atom. The Morgan fingerprint density at radius 2 is 2.05 bits per heavy atom. The number of ether oxygens (including phenoxy) is 1. The number of thiazole rings is 1. The van der Waals surface area contributed by atoms with Crippen LogP contribution in [-0.4, -0.2) is 16.1 Å². The number of halogens is 2. The van der Waals surface area contributed by atoms with Crippen LogP contribution in [0.15, 0.2) is 17.5 Å². The molecule has 0 aliphatic rings. The van der Waals surface area contributed by atoms with E-state index < -0.39 is 28.9 Å². The van der Waals surface area contributed by atoms with Crippen LogP contribution >= 0.6 is 11.3 Å². The Morgan fingerprint density at radius 3 is 2.62 bits per heavy atom. The predicted molar refractivity (Wildman–Crippen MR) is 73.8 cm³/mol. The molecule has 0 spiro atoms. The Hall–Kier alpha value is -2.02. The van der Waals surface area contributed by atoms with Crippen molar-refractivity contribution in [1.82, 2.24) is 4.98 Å². The topological polar surface area (TPSA) is 59.4 Å². The van der Waals surface area contributed by atoms with Crippen molar-refractivity contribution in [2.75, 3.05) is 0 Å². The van der Waals surface area contributed by atoms with Gasteiger partial charge in [-0.15, -0.1) is 11.3 Å². The SMILES string of the molecule is CCCc1nc(COc2c(F)cc(C(=O)O)cc2F)cs1. The van der Waals surface area contributed by atoms with Gasteiger partial charge >= 0.3 is 5.97 Å². The molecule has 0 unspecified atom stereocenters. The number of nitrogens with zero attached hydrogens (tertiary/aromatic N) is 1. The highest BCUT2D eigenvalue weighted by Crippen LogP contribution is 2.24. The Bertz CT molecular complexity index is 634. The Balaban J connectivity index is 2.10. The van der Waals surface area contributed by atoms with Crippen LogP contribution in [0, 0.1) is 11.6 Å². The van der Waals surface area contributed by atoms with E-state index in [9.17, 15) is 13.6 Å². The summed E-state index contributed by atoms with van der Waals surface area (Å²) in [5, 5.41) is 11.4. The van der Waals surface area contributed by atoms with Gasteiger partial charge in [-0.25, -0.2) is 18.6 Å². The maximum Gasteiger partial charge on any atom is 0.335 e. The van der Waals surface area contributed by atoms with Crippen molar-refractivity contribution in [2.24, 2.45) is 0 Å². The van der Waals surface area contributed by atoms with Crippen molar-refractivity contribution in [3.8, 4) is 5.75 Å². The summed E-state index contributed by atoms with van der Waals surface area (Å²) in [6.45, 7) is 1.97. The molecule has 0 bridgehead atoms. The minimum Gasteiger partial charge on any atom is -0.481 e. The summed E-state index contributed by atoms with van der Waals surface area (Å²) in [4.78, 5) is 15.0. The standard InChI is InChI=1S/C14H13F2NO3S/c1-2-3-12-17-9(7-21-12)6-20-13-10(15)4-8(14(18)19)5-11(13)16/h4-5,7H,2-3,6H2,1H3,(H,18,19). The smallest absolute Gasteiger partial charge is 0.335 e. The van der Waals surface area contributed by atoms with Gasteiger partial charge < -0.3 is 9.84 Å². The largest absolute Gasteiger partial charge is 0.481 e. The van der Waals surface area contributed by atoms with Gasteiger partial charge in [0.15, 0.2) is 17.4 Å². The fraction of sp³-hybridized carbons (Fsp3) is 0.286. The second-order valence-electron chi connectivity index (χ2n) is 4.35. The van der Waals surface area contributed by atoms with Gasteiger partial charge in [0, 0.05) is 5.38 Å². The molecule has 0 amide bonds. The molecular weight excluding hydrogens is 300 g/mol. The molecule has 0 radical (unpaired) electrons. The molecule has 21 heavy (non-hydrogen) atoms. The first-order chi connectivity index (χ1) is 10.0.